The standard InChI is InChI=1S/C13H19N3O3/c1-13(2,9-17)16-11(18)8-14-12(19)15-10-6-4-3-5-7-10/h3-7,17H,8-9H2,1-2H3,(H,16,18)(H2,14,15,19). The van der Waals surface area contributed by atoms with Crippen molar-refractivity contribution in [2.45, 2.75) is 19.4 Å². The van der Waals surface area contributed by atoms with E-state index in [0.29, 0.717) is 5.69 Å². The number of carbonyl (C=O) groups is 2. The lowest BCUT2D eigenvalue weighted by Crippen LogP contribution is -2.50. The Morgan fingerprint density at radius 1 is 1.21 bits per heavy atom. The Morgan fingerprint density at radius 2 is 1.84 bits per heavy atom. The van der Waals surface area contributed by atoms with E-state index in [-0.39, 0.29) is 19.1 Å². The molecule has 1 rings (SSSR count). The largest absolute Gasteiger partial charge is 0.394 e. The van der Waals surface area contributed by atoms with Gasteiger partial charge in [0.05, 0.1) is 18.7 Å². The van der Waals surface area contributed by atoms with E-state index in [1.54, 1.807) is 38.1 Å². The molecule has 0 aromatic heterocycles. The molecule has 0 saturated heterocycles. The lowest BCUT2D eigenvalue weighted by Gasteiger charge is -2.23. The van der Waals surface area contributed by atoms with Crippen molar-refractivity contribution in [1.29, 1.82) is 0 Å². The van der Waals surface area contributed by atoms with Gasteiger partial charge in [-0.1, -0.05) is 18.2 Å². The molecule has 0 radical (unpaired) electrons. The Labute approximate surface area is 112 Å². The average Bonchev–Trinajstić information content (AvgIpc) is 2.37. The van der Waals surface area contributed by atoms with Gasteiger partial charge < -0.3 is 21.1 Å². The first-order chi connectivity index (χ1) is 8.93. The summed E-state index contributed by atoms with van der Waals surface area (Å²) in [5, 5.41) is 16.6. The van der Waals surface area contributed by atoms with Gasteiger partial charge in [-0.25, -0.2) is 4.79 Å². The number of urea groups is 1. The van der Waals surface area contributed by atoms with Crippen LogP contribution in [0.4, 0.5) is 10.5 Å². The lowest BCUT2D eigenvalue weighted by molar-refractivity contribution is -0.122. The summed E-state index contributed by atoms with van der Waals surface area (Å²) in [5.74, 6) is -0.359. The molecule has 0 aliphatic carbocycles. The van der Waals surface area contributed by atoms with Crippen LogP contribution in [0.5, 0.6) is 0 Å². The number of carbonyl (C=O) groups excluding carboxylic acids is 2. The zero-order valence-electron chi connectivity index (χ0n) is 11.1. The second-order valence-corrected chi connectivity index (χ2v) is 4.76. The Balaban J connectivity index is 2.33. The maximum atomic E-state index is 11.5. The summed E-state index contributed by atoms with van der Waals surface area (Å²) in [6.45, 7) is 3.06. The van der Waals surface area contributed by atoms with Crippen LogP contribution in [-0.4, -0.2) is 35.7 Å². The van der Waals surface area contributed by atoms with Crippen LogP contribution in [0.1, 0.15) is 13.8 Å². The summed E-state index contributed by atoms with van der Waals surface area (Å²) < 4.78 is 0. The van der Waals surface area contributed by atoms with Gasteiger partial charge in [-0.2, -0.15) is 0 Å². The fraction of sp³-hybridized carbons (Fsp3) is 0.385. The molecule has 1 aromatic rings. The van der Waals surface area contributed by atoms with Gasteiger partial charge in [-0.05, 0) is 26.0 Å². The molecule has 0 spiro atoms. The number of amides is 3. The summed E-state index contributed by atoms with van der Waals surface area (Å²) in [4.78, 5) is 23.0. The predicted octanol–water partition coefficient (Wildman–Crippen LogP) is 0.695. The zero-order chi connectivity index (χ0) is 14.3. The van der Waals surface area contributed by atoms with E-state index in [4.69, 9.17) is 5.11 Å². The number of aliphatic hydroxyl groups excluding tert-OH is 1. The molecule has 3 amide bonds. The van der Waals surface area contributed by atoms with Crippen molar-refractivity contribution >= 4 is 17.6 Å². The number of para-hydroxylation sites is 1. The minimum absolute atomic E-state index is 0.151. The molecule has 0 aliphatic heterocycles. The molecule has 0 atom stereocenters. The fourth-order valence-electron chi connectivity index (χ4n) is 1.32. The van der Waals surface area contributed by atoms with Gasteiger partial charge in [0.1, 0.15) is 0 Å². The first kappa shape index (κ1) is 15.0. The quantitative estimate of drug-likeness (QED) is 0.631. The normalized spacial score (nSPS) is 10.7. The number of anilines is 1. The zero-order valence-corrected chi connectivity index (χ0v) is 11.1. The van der Waals surface area contributed by atoms with E-state index >= 15 is 0 Å². The maximum Gasteiger partial charge on any atom is 0.319 e. The molecular weight excluding hydrogens is 246 g/mol. The number of hydrogen-bond acceptors (Lipinski definition) is 3. The van der Waals surface area contributed by atoms with Crippen molar-refractivity contribution in [3.63, 3.8) is 0 Å². The molecule has 0 unspecified atom stereocenters. The first-order valence-corrected chi connectivity index (χ1v) is 5.95. The van der Waals surface area contributed by atoms with Crippen molar-refractivity contribution < 1.29 is 14.7 Å². The van der Waals surface area contributed by atoms with E-state index in [0.717, 1.165) is 0 Å². The molecule has 0 bridgehead atoms. The molecule has 6 nitrogen and oxygen atoms in total. The average molecular weight is 265 g/mol. The maximum absolute atomic E-state index is 11.5. The minimum atomic E-state index is -0.700. The Bertz CT molecular complexity index is 432. The van der Waals surface area contributed by atoms with E-state index in [1.165, 1.54) is 0 Å². The molecule has 104 valence electrons. The summed E-state index contributed by atoms with van der Waals surface area (Å²) in [6, 6.07) is 8.47. The van der Waals surface area contributed by atoms with Gasteiger partial charge in [0.25, 0.3) is 0 Å². The summed E-state index contributed by atoms with van der Waals surface area (Å²) in [6.07, 6.45) is 0. The Kier molecular flexibility index (Phi) is 5.32. The van der Waals surface area contributed by atoms with Crippen LogP contribution in [0, 0.1) is 0 Å². The third-order valence-corrected chi connectivity index (χ3v) is 2.31. The second kappa shape index (κ2) is 6.75. The number of aliphatic hydroxyl groups is 1. The van der Waals surface area contributed by atoms with E-state index in [2.05, 4.69) is 16.0 Å². The summed E-state index contributed by atoms with van der Waals surface area (Å²) in [7, 11) is 0. The highest BCUT2D eigenvalue weighted by Gasteiger charge is 2.19. The molecule has 0 aliphatic rings. The number of nitrogens with one attached hydrogen (secondary N) is 3. The third kappa shape index (κ3) is 5.87. The van der Waals surface area contributed by atoms with Crippen LogP contribution >= 0.6 is 0 Å². The lowest BCUT2D eigenvalue weighted by atomic mass is 10.1. The van der Waals surface area contributed by atoms with Gasteiger partial charge in [0.15, 0.2) is 0 Å². The Hall–Kier alpha value is -2.08. The van der Waals surface area contributed by atoms with Crippen LogP contribution in [0.3, 0.4) is 0 Å². The van der Waals surface area contributed by atoms with Crippen molar-refractivity contribution in [3.8, 4) is 0 Å². The monoisotopic (exact) mass is 265 g/mol. The second-order valence-electron chi connectivity index (χ2n) is 4.76. The van der Waals surface area contributed by atoms with Gasteiger partial charge in [-0.15, -0.1) is 0 Å². The molecule has 1 aromatic carbocycles. The van der Waals surface area contributed by atoms with Crippen LogP contribution in [0.25, 0.3) is 0 Å². The number of hydrogen-bond donors (Lipinski definition) is 4. The Morgan fingerprint density at radius 3 is 2.42 bits per heavy atom. The van der Waals surface area contributed by atoms with Gasteiger partial charge in [-0.3, -0.25) is 4.79 Å². The van der Waals surface area contributed by atoms with E-state index < -0.39 is 11.6 Å². The summed E-state index contributed by atoms with van der Waals surface area (Å²) >= 11 is 0. The SMILES string of the molecule is CC(C)(CO)NC(=O)CNC(=O)Nc1ccccc1. The van der Waals surface area contributed by atoms with Crippen molar-refractivity contribution in [3.05, 3.63) is 30.3 Å². The van der Waals surface area contributed by atoms with E-state index in [1.807, 2.05) is 6.07 Å². The minimum Gasteiger partial charge on any atom is -0.394 e. The highest BCUT2D eigenvalue weighted by molar-refractivity contribution is 5.92. The molecule has 19 heavy (non-hydrogen) atoms. The van der Waals surface area contributed by atoms with Crippen molar-refractivity contribution in [2.24, 2.45) is 0 Å². The predicted molar refractivity (Wildman–Crippen MR) is 72.8 cm³/mol. The smallest absolute Gasteiger partial charge is 0.319 e. The topological polar surface area (TPSA) is 90.5 Å². The van der Waals surface area contributed by atoms with E-state index in [9.17, 15) is 9.59 Å². The van der Waals surface area contributed by atoms with Crippen LogP contribution < -0.4 is 16.0 Å². The molecule has 6 heteroatoms. The summed E-state index contributed by atoms with van der Waals surface area (Å²) in [5.41, 5.74) is -0.0506. The van der Waals surface area contributed by atoms with Gasteiger partial charge in [0, 0.05) is 5.69 Å². The molecule has 0 heterocycles. The number of benzene rings is 1. The van der Waals surface area contributed by atoms with Crippen molar-refractivity contribution in [2.75, 3.05) is 18.5 Å². The molecular formula is C13H19N3O3. The van der Waals surface area contributed by atoms with Crippen molar-refractivity contribution in [1.82, 2.24) is 10.6 Å². The molecule has 0 fully saturated rings. The highest BCUT2D eigenvalue weighted by atomic mass is 16.3. The first-order valence-electron chi connectivity index (χ1n) is 5.95. The number of rotatable bonds is 5. The van der Waals surface area contributed by atoms with Gasteiger partial charge in [0.2, 0.25) is 5.91 Å². The van der Waals surface area contributed by atoms with Crippen LogP contribution in [0.2, 0.25) is 0 Å². The third-order valence-electron chi connectivity index (χ3n) is 2.31. The van der Waals surface area contributed by atoms with Gasteiger partial charge >= 0.3 is 6.03 Å². The van der Waals surface area contributed by atoms with Crippen LogP contribution in [0.15, 0.2) is 30.3 Å². The highest BCUT2D eigenvalue weighted by Crippen LogP contribution is 2.04. The molecule has 4 N–H and O–H groups in total. The molecule has 0 saturated carbocycles. The fourth-order valence-corrected chi connectivity index (χ4v) is 1.32. The van der Waals surface area contributed by atoms with Crippen LogP contribution in [-0.2, 0) is 4.79 Å².